The predicted molar refractivity (Wildman–Crippen MR) is 70.5 cm³/mol. The molecule has 2 aromatic heterocycles. The Morgan fingerprint density at radius 2 is 2.00 bits per heavy atom. The smallest absolute Gasteiger partial charge is 0.142 e. The fourth-order valence-electron chi connectivity index (χ4n) is 1.15. The van der Waals surface area contributed by atoms with Gasteiger partial charge in [-0.15, -0.1) is 0 Å². The van der Waals surface area contributed by atoms with E-state index in [0.717, 1.165) is 5.69 Å². The SMILES string of the molecule is Clc1ccc(COc2cc(Br)ncc2Cl)nc1. The number of rotatable bonds is 3. The van der Waals surface area contributed by atoms with Crippen molar-refractivity contribution in [2.24, 2.45) is 0 Å². The Bertz CT molecular complexity index is 519. The first-order valence-electron chi connectivity index (χ1n) is 4.69. The molecule has 0 aliphatic carbocycles. The molecule has 0 atom stereocenters. The number of pyridine rings is 2. The fourth-order valence-corrected chi connectivity index (χ4v) is 1.73. The summed E-state index contributed by atoms with van der Waals surface area (Å²) in [4.78, 5) is 8.10. The molecule has 2 heterocycles. The van der Waals surface area contributed by atoms with Gasteiger partial charge in [0.15, 0.2) is 0 Å². The van der Waals surface area contributed by atoms with Crippen molar-refractivity contribution in [2.45, 2.75) is 6.61 Å². The molecule has 2 rings (SSSR count). The van der Waals surface area contributed by atoms with E-state index in [2.05, 4.69) is 25.9 Å². The van der Waals surface area contributed by atoms with E-state index in [1.54, 1.807) is 24.4 Å². The van der Waals surface area contributed by atoms with Crippen LogP contribution in [0, 0.1) is 0 Å². The van der Waals surface area contributed by atoms with Crippen LogP contribution in [0.2, 0.25) is 10.0 Å². The second kappa shape index (κ2) is 5.67. The molecule has 3 nitrogen and oxygen atoms in total. The van der Waals surface area contributed by atoms with E-state index in [9.17, 15) is 0 Å². The Hall–Kier alpha value is -0.840. The van der Waals surface area contributed by atoms with Gasteiger partial charge in [-0.3, -0.25) is 4.98 Å². The van der Waals surface area contributed by atoms with Crippen LogP contribution in [0.3, 0.4) is 0 Å². The normalized spacial score (nSPS) is 10.3. The van der Waals surface area contributed by atoms with Crippen LogP contribution >= 0.6 is 39.1 Å². The number of hydrogen-bond donors (Lipinski definition) is 0. The van der Waals surface area contributed by atoms with Gasteiger partial charge in [-0.1, -0.05) is 23.2 Å². The Morgan fingerprint density at radius 3 is 2.71 bits per heavy atom. The number of ether oxygens (including phenoxy) is 1. The van der Waals surface area contributed by atoms with Crippen molar-refractivity contribution in [3.05, 3.63) is 50.9 Å². The molecular formula is C11H7BrCl2N2O. The summed E-state index contributed by atoms with van der Waals surface area (Å²) in [5, 5.41) is 1.06. The van der Waals surface area contributed by atoms with Crippen LogP contribution in [0.5, 0.6) is 5.75 Å². The first kappa shape index (κ1) is 12.6. The van der Waals surface area contributed by atoms with E-state index in [1.165, 1.54) is 6.20 Å². The van der Waals surface area contributed by atoms with Crippen molar-refractivity contribution in [2.75, 3.05) is 0 Å². The molecule has 0 bridgehead atoms. The lowest BCUT2D eigenvalue weighted by atomic mass is 10.4. The maximum Gasteiger partial charge on any atom is 0.142 e. The lowest BCUT2D eigenvalue weighted by Gasteiger charge is -2.07. The molecule has 0 aliphatic heterocycles. The van der Waals surface area contributed by atoms with E-state index >= 15 is 0 Å². The highest BCUT2D eigenvalue weighted by atomic mass is 79.9. The van der Waals surface area contributed by atoms with Crippen LogP contribution in [0.15, 0.2) is 35.2 Å². The topological polar surface area (TPSA) is 35.0 Å². The molecule has 0 saturated heterocycles. The first-order chi connectivity index (χ1) is 8.15. The van der Waals surface area contributed by atoms with Crippen LogP contribution in [-0.4, -0.2) is 9.97 Å². The van der Waals surface area contributed by atoms with Crippen molar-refractivity contribution in [3.8, 4) is 5.75 Å². The van der Waals surface area contributed by atoms with Crippen molar-refractivity contribution in [1.29, 1.82) is 0 Å². The van der Waals surface area contributed by atoms with E-state index < -0.39 is 0 Å². The van der Waals surface area contributed by atoms with Gasteiger partial charge in [0.1, 0.15) is 22.0 Å². The monoisotopic (exact) mass is 332 g/mol. The minimum Gasteiger partial charge on any atom is -0.486 e. The van der Waals surface area contributed by atoms with Crippen LogP contribution < -0.4 is 4.74 Å². The minimum atomic E-state index is 0.327. The second-order valence-corrected chi connectivity index (χ2v) is 4.85. The maximum absolute atomic E-state index is 5.94. The summed E-state index contributed by atoms with van der Waals surface area (Å²) in [6, 6.07) is 5.27. The Kier molecular flexibility index (Phi) is 4.20. The fraction of sp³-hybridized carbons (Fsp3) is 0.0909. The van der Waals surface area contributed by atoms with Gasteiger partial charge in [-0.25, -0.2) is 4.98 Å². The minimum absolute atomic E-state index is 0.327. The van der Waals surface area contributed by atoms with E-state index in [0.29, 0.717) is 27.0 Å². The van der Waals surface area contributed by atoms with E-state index in [1.807, 2.05) is 0 Å². The Labute approximate surface area is 117 Å². The van der Waals surface area contributed by atoms with Crippen LogP contribution in [0.1, 0.15) is 5.69 Å². The van der Waals surface area contributed by atoms with E-state index in [4.69, 9.17) is 27.9 Å². The molecule has 0 aliphatic rings. The summed E-state index contributed by atoms with van der Waals surface area (Å²) in [7, 11) is 0. The van der Waals surface area contributed by atoms with Crippen molar-refractivity contribution >= 4 is 39.1 Å². The molecule has 0 unspecified atom stereocenters. The summed E-state index contributed by atoms with van der Waals surface area (Å²) < 4.78 is 6.20. The van der Waals surface area contributed by atoms with Crippen molar-refractivity contribution in [3.63, 3.8) is 0 Å². The average Bonchev–Trinajstić information content (AvgIpc) is 2.32. The van der Waals surface area contributed by atoms with Gasteiger partial charge in [0.05, 0.1) is 16.9 Å². The summed E-state index contributed by atoms with van der Waals surface area (Å²) in [6.45, 7) is 0.327. The number of halogens is 3. The quantitative estimate of drug-likeness (QED) is 0.792. The number of aromatic nitrogens is 2. The van der Waals surface area contributed by atoms with Crippen molar-refractivity contribution < 1.29 is 4.74 Å². The largest absolute Gasteiger partial charge is 0.486 e. The summed E-state index contributed by atoms with van der Waals surface area (Å²) in [5.41, 5.74) is 0.776. The van der Waals surface area contributed by atoms with Crippen molar-refractivity contribution in [1.82, 2.24) is 9.97 Å². The molecule has 0 amide bonds. The standard InChI is InChI=1S/C11H7BrCl2N2O/c12-11-3-10(9(14)5-16-11)17-6-8-2-1-7(13)4-15-8/h1-5H,6H2. The molecule has 88 valence electrons. The lowest BCUT2D eigenvalue weighted by molar-refractivity contribution is 0.301. The first-order valence-corrected chi connectivity index (χ1v) is 6.24. The third-order valence-electron chi connectivity index (χ3n) is 1.95. The lowest BCUT2D eigenvalue weighted by Crippen LogP contribution is -1.98. The van der Waals surface area contributed by atoms with Gasteiger partial charge < -0.3 is 4.74 Å². The molecule has 0 N–H and O–H groups in total. The van der Waals surface area contributed by atoms with E-state index in [-0.39, 0.29) is 0 Å². The molecule has 17 heavy (non-hydrogen) atoms. The molecule has 6 heteroatoms. The second-order valence-electron chi connectivity index (χ2n) is 3.19. The molecule has 0 fully saturated rings. The summed E-state index contributed by atoms with van der Waals surface area (Å²) in [6.07, 6.45) is 3.10. The highest BCUT2D eigenvalue weighted by Gasteiger charge is 2.04. The van der Waals surface area contributed by atoms with Crippen LogP contribution in [0.25, 0.3) is 0 Å². The zero-order chi connectivity index (χ0) is 12.3. The summed E-state index contributed by atoms with van der Waals surface area (Å²) in [5.74, 6) is 0.560. The molecule has 0 aromatic carbocycles. The molecule has 0 saturated carbocycles. The predicted octanol–water partition coefficient (Wildman–Crippen LogP) is 4.12. The maximum atomic E-state index is 5.94. The van der Waals surface area contributed by atoms with Gasteiger partial charge in [0, 0.05) is 12.3 Å². The Balaban J connectivity index is 2.07. The molecule has 0 spiro atoms. The van der Waals surface area contributed by atoms with Crippen LogP contribution in [0.4, 0.5) is 0 Å². The molecule has 2 aromatic rings. The number of hydrogen-bond acceptors (Lipinski definition) is 3. The van der Waals surface area contributed by atoms with Gasteiger partial charge in [-0.2, -0.15) is 0 Å². The Morgan fingerprint density at radius 1 is 1.18 bits per heavy atom. The third kappa shape index (κ3) is 3.56. The van der Waals surface area contributed by atoms with Gasteiger partial charge >= 0.3 is 0 Å². The highest BCUT2D eigenvalue weighted by molar-refractivity contribution is 9.10. The van der Waals surface area contributed by atoms with Gasteiger partial charge in [-0.05, 0) is 28.1 Å². The molecule has 0 radical (unpaired) electrons. The molecular weight excluding hydrogens is 327 g/mol. The van der Waals surface area contributed by atoms with Gasteiger partial charge in [0.25, 0.3) is 0 Å². The average molecular weight is 334 g/mol. The van der Waals surface area contributed by atoms with Crippen LogP contribution in [-0.2, 0) is 6.61 Å². The highest BCUT2D eigenvalue weighted by Crippen LogP contribution is 2.26. The third-order valence-corrected chi connectivity index (χ3v) is 2.89. The summed E-state index contributed by atoms with van der Waals surface area (Å²) >= 11 is 14.9. The number of nitrogens with zero attached hydrogens (tertiary/aromatic N) is 2. The van der Waals surface area contributed by atoms with Gasteiger partial charge in [0.2, 0.25) is 0 Å². The zero-order valence-corrected chi connectivity index (χ0v) is 11.6. The zero-order valence-electron chi connectivity index (χ0n) is 8.53.